The van der Waals surface area contributed by atoms with E-state index in [0.717, 1.165) is 24.2 Å². The molecule has 1 saturated heterocycles. The molecule has 5 rings (SSSR count). The minimum Gasteiger partial charge on any atom is -0.347 e. The molecule has 3 aromatic rings. The molecule has 8 heteroatoms. The van der Waals surface area contributed by atoms with Crippen molar-refractivity contribution in [2.75, 3.05) is 13.1 Å². The van der Waals surface area contributed by atoms with E-state index in [1.54, 1.807) is 29.7 Å². The molecule has 0 spiro atoms. The van der Waals surface area contributed by atoms with E-state index in [0.29, 0.717) is 24.7 Å². The van der Waals surface area contributed by atoms with Gasteiger partial charge in [-0.1, -0.05) is 12.1 Å². The molecule has 2 fully saturated rings. The van der Waals surface area contributed by atoms with E-state index in [2.05, 4.69) is 42.3 Å². The van der Waals surface area contributed by atoms with Crippen LogP contribution in [0.3, 0.4) is 0 Å². The molecule has 1 saturated carbocycles. The minimum atomic E-state index is -0.0347. The summed E-state index contributed by atoms with van der Waals surface area (Å²) < 4.78 is 0. The van der Waals surface area contributed by atoms with Crippen molar-refractivity contribution in [1.29, 1.82) is 0 Å². The number of rotatable bonds is 9. The molecule has 2 aromatic heterocycles. The highest BCUT2D eigenvalue weighted by Crippen LogP contribution is 2.26. The van der Waals surface area contributed by atoms with Crippen molar-refractivity contribution in [2.24, 2.45) is 0 Å². The van der Waals surface area contributed by atoms with Crippen LogP contribution in [0.5, 0.6) is 0 Å². The summed E-state index contributed by atoms with van der Waals surface area (Å²) in [6, 6.07) is 9.39. The number of likely N-dealkylation sites (tertiary alicyclic amines) is 1. The summed E-state index contributed by atoms with van der Waals surface area (Å²) in [4.78, 5) is 32.5. The summed E-state index contributed by atoms with van der Waals surface area (Å²) in [5.41, 5.74) is 1.88. The number of benzene rings is 1. The summed E-state index contributed by atoms with van der Waals surface area (Å²) in [5, 5.41) is 3.74. The molecule has 0 unspecified atom stereocenters. The Bertz CT molecular complexity index is 966. The van der Waals surface area contributed by atoms with Gasteiger partial charge in [-0.3, -0.25) is 4.79 Å². The SMILES string of the molecule is O=C(c1ccc(CNC2CCC(N3CCCC3)CC2)cc1)N(Cc1ncc[nH]1)Cc1ncc[nH]1. The van der Waals surface area contributed by atoms with E-state index in [1.165, 1.54) is 57.2 Å². The van der Waals surface area contributed by atoms with Crippen molar-refractivity contribution >= 4 is 5.91 Å². The van der Waals surface area contributed by atoms with Crippen molar-refractivity contribution in [2.45, 2.75) is 70.2 Å². The monoisotopic (exact) mass is 461 g/mol. The zero-order chi connectivity index (χ0) is 23.2. The Balaban J connectivity index is 1.14. The van der Waals surface area contributed by atoms with Crippen LogP contribution in [-0.2, 0) is 19.6 Å². The maximum Gasteiger partial charge on any atom is 0.254 e. The summed E-state index contributed by atoms with van der Waals surface area (Å²) in [6.45, 7) is 4.24. The topological polar surface area (TPSA) is 92.9 Å². The lowest BCUT2D eigenvalue weighted by Crippen LogP contribution is -2.41. The number of aromatic amines is 2. The van der Waals surface area contributed by atoms with E-state index < -0.39 is 0 Å². The molecule has 0 bridgehead atoms. The van der Waals surface area contributed by atoms with Gasteiger partial charge < -0.3 is 25.1 Å². The smallest absolute Gasteiger partial charge is 0.254 e. The molecule has 3 N–H and O–H groups in total. The van der Waals surface area contributed by atoms with Crippen LogP contribution in [0.25, 0.3) is 0 Å². The highest BCUT2D eigenvalue weighted by Gasteiger charge is 2.27. The Labute approximate surface area is 201 Å². The van der Waals surface area contributed by atoms with Crippen LogP contribution in [-0.4, -0.2) is 60.8 Å². The second-order valence-corrected chi connectivity index (χ2v) is 9.56. The standard InChI is InChI=1S/C26H35N7O/c34-26(33(18-24-27-11-12-28-24)19-25-29-13-14-30-25)21-5-3-20(4-6-21)17-31-22-7-9-23(10-8-22)32-15-1-2-16-32/h3-6,11-14,22-23,31H,1-2,7-10,15-19H2,(H,27,28)(H,29,30). The third-order valence-corrected chi connectivity index (χ3v) is 7.23. The highest BCUT2D eigenvalue weighted by atomic mass is 16.2. The molecular weight excluding hydrogens is 426 g/mol. The predicted octanol–water partition coefficient (Wildman–Crippen LogP) is 3.47. The first-order valence-electron chi connectivity index (χ1n) is 12.6. The van der Waals surface area contributed by atoms with E-state index in [4.69, 9.17) is 0 Å². The number of carbonyl (C=O) groups is 1. The summed E-state index contributed by atoms with van der Waals surface area (Å²) in [5.74, 6) is 1.47. The van der Waals surface area contributed by atoms with Gasteiger partial charge in [-0.2, -0.15) is 0 Å². The first kappa shape index (κ1) is 22.8. The van der Waals surface area contributed by atoms with Crippen LogP contribution in [0.1, 0.15) is 66.1 Å². The molecule has 8 nitrogen and oxygen atoms in total. The lowest BCUT2D eigenvalue weighted by atomic mass is 9.90. The van der Waals surface area contributed by atoms with Gasteiger partial charge in [0.15, 0.2) is 0 Å². The first-order valence-corrected chi connectivity index (χ1v) is 12.6. The lowest BCUT2D eigenvalue weighted by Gasteiger charge is -2.34. The summed E-state index contributed by atoms with van der Waals surface area (Å²) in [6.07, 6.45) is 14.8. The molecule has 180 valence electrons. The molecule has 1 amide bonds. The van der Waals surface area contributed by atoms with Gasteiger partial charge in [-0.25, -0.2) is 9.97 Å². The van der Waals surface area contributed by atoms with Gasteiger partial charge in [-0.05, 0) is 69.3 Å². The number of imidazole rings is 2. The minimum absolute atomic E-state index is 0.0347. The fourth-order valence-electron chi connectivity index (χ4n) is 5.29. The Morgan fingerprint density at radius 3 is 2.12 bits per heavy atom. The van der Waals surface area contributed by atoms with Gasteiger partial charge in [0, 0.05) is 49.0 Å². The second-order valence-electron chi connectivity index (χ2n) is 9.56. The molecule has 34 heavy (non-hydrogen) atoms. The Morgan fingerprint density at radius 1 is 0.941 bits per heavy atom. The molecular formula is C26H35N7O. The highest BCUT2D eigenvalue weighted by molar-refractivity contribution is 5.94. The molecule has 1 aromatic carbocycles. The molecule has 2 aliphatic rings. The van der Waals surface area contributed by atoms with E-state index in [1.807, 2.05) is 12.1 Å². The Kier molecular flexibility index (Phi) is 7.36. The largest absolute Gasteiger partial charge is 0.347 e. The van der Waals surface area contributed by atoms with Gasteiger partial charge >= 0.3 is 0 Å². The summed E-state index contributed by atoms with van der Waals surface area (Å²) in [7, 11) is 0. The number of hydrogen-bond acceptors (Lipinski definition) is 5. The number of amides is 1. The lowest BCUT2D eigenvalue weighted by molar-refractivity contribution is 0.0721. The number of nitrogens with one attached hydrogen (secondary N) is 3. The van der Waals surface area contributed by atoms with Gasteiger partial charge in [0.2, 0.25) is 0 Å². The van der Waals surface area contributed by atoms with Crippen molar-refractivity contribution in [1.82, 2.24) is 35.1 Å². The number of nitrogens with zero attached hydrogens (tertiary/aromatic N) is 4. The number of carbonyl (C=O) groups excluding carboxylic acids is 1. The van der Waals surface area contributed by atoms with Crippen molar-refractivity contribution in [3.05, 3.63) is 71.8 Å². The van der Waals surface area contributed by atoms with Gasteiger partial charge in [-0.15, -0.1) is 0 Å². The fourth-order valence-corrected chi connectivity index (χ4v) is 5.29. The Hall–Kier alpha value is -2.97. The fraction of sp³-hybridized carbons (Fsp3) is 0.500. The van der Waals surface area contributed by atoms with Crippen LogP contribution in [0.15, 0.2) is 49.1 Å². The molecule has 3 heterocycles. The van der Waals surface area contributed by atoms with E-state index in [-0.39, 0.29) is 5.91 Å². The van der Waals surface area contributed by atoms with Gasteiger partial charge in [0.25, 0.3) is 5.91 Å². The second kappa shape index (κ2) is 11.0. The third-order valence-electron chi connectivity index (χ3n) is 7.23. The quantitative estimate of drug-likeness (QED) is 0.454. The van der Waals surface area contributed by atoms with Crippen molar-refractivity contribution in [3.8, 4) is 0 Å². The van der Waals surface area contributed by atoms with Crippen LogP contribution in [0.2, 0.25) is 0 Å². The van der Waals surface area contributed by atoms with Crippen LogP contribution in [0.4, 0.5) is 0 Å². The third kappa shape index (κ3) is 5.74. The molecule has 0 atom stereocenters. The molecule has 1 aliphatic carbocycles. The molecule has 0 radical (unpaired) electrons. The maximum atomic E-state index is 13.3. The van der Waals surface area contributed by atoms with E-state index >= 15 is 0 Å². The average molecular weight is 462 g/mol. The number of aromatic nitrogens is 4. The number of H-pyrrole nitrogens is 2. The van der Waals surface area contributed by atoms with Crippen LogP contribution >= 0.6 is 0 Å². The maximum absolute atomic E-state index is 13.3. The zero-order valence-electron chi connectivity index (χ0n) is 19.7. The van der Waals surface area contributed by atoms with Gasteiger partial charge in [0.05, 0.1) is 13.1 Å². The Morgan fingerprint density at radius 2 is 1.56 bits per heavy atom. The van der Waals surface area contributed by atoms with Crippen molar-refractivity contribution in [3.63, 3.8) is 0 Å². The normalized spacial score (nSPS) is 21.1. The number of hydrogen-bond donors (Lipinski definition) is 3. The molecule has 1 aliphatic heterocycles. The zero-order valence-corrected chi connectivity index (χ0v) is 19.7. The van der Waals surface area contributed by atoms with Gasteiger partial charge in [0.1, 0.15) is 11.6 Å². The first-order chi connectivity index (χ1) is 16.7. The predicted molar refractivity (Wildman–Crippen MR) is 131 cm³/mol. The van der Waals surface area contributed by atoms with Crippen molar-refractivity contribution < 1.29 is 4.79 Å². The van der Waals surface area contributed by atoms with Crippen LogP contribution in [0, 0.1) is 0 Å². The van der Waals surface area contributed by atoms with E-state index in [9.17, 15) is 4.79 Å². The summed E-state index contributed by atoms with van der Waals surface area (Å²) >= 11 is 0. The van der Waals surface area contributed by atoms with Crippen LogP contribution < -0.4 is 5.32 Å². The average Bonchev–Trinajstić information content (AvgIpc) is 3.67.